The van der Waals surface area contributed by atoms with Gasteiger partial charge in [-0.15, -0.1) is 11.3 Å². The zero-order valence-electron chi connectivity index (χ0n) is 9.81. The average molecular weight is 265 g/mol. The van der Waals surface area contributed by atoms with Crippen LogP contribution in [0.3, 0.4) is 0 Å². The summed E-state index contributed by atoms with van der Waals surface area (Å²) in [6.45, 7) is 3.60. The summed E-state index contributed by atoms with van der Waals surface area (Å²) >= 11 is 2.84. The minimum absolute atomic E-state index is 0.852. The summed E-state index contributed by atoms with van der Waals surface area (Å²) in [4.78, 5) is 1.09. The second kappa shape index (κ2) is 4.82. The van der Waals surface area contributed by atoms with Gasteiger partial charge in [-0.05, 0) is 37.4 Å². The number of thiophene rings is 1. The Kier molecular flexibility index (Phi) is 3.58. The molecule has 17 heavy (non-hydrogen) atoms. The van der Waals surface area contributed by atoms with Gasteiger partial charge >= 0.3 is 0 Å². The van der Waals surface area contributed by atoms with E-state index < -0.39 is 5.60 Å². The minimum Gasteiger partial charge on any atom is -0.386 e. The summed E-state index contributed by atoms with van der Waals surface area (Å²) in [6.07, 6.45) is 0. The summed E-state index contributed by atoms with van der Waals surface area (Å²) < 4.78 is 1.01. The average Bonchev–Trinajstić information content (AvgIpc) is 2.74. The summed E-state index contributed by atoms with van der Waals surface area (Å²) in [5.41, 5.74) is 1.20. The Morgan fingerprint density at radius 2 is 1.88 bits per heavy atom. The van der Waals surface area contributed by atoms with E-state index in [0.717, 1.165) is 20.2 Å². The first-order chi connectivity index (χ1) is 8.02. The van der Waals surface area contributed by atoms with Crippen LogP contribution in [0.1, 0.15) is 19.4 Å². The van der Waals surface area contributed by atoms with E-state index >= 15 is 0 Å². The lowest BCUT2D eigenvalue weighted by Crippen LogP contribution is -2.15. The Bertz CT molecular complexity index is 500. The van der Waals surface area contributed by atoms with E-state index in [1.54, 1.807) is 25.2 Å². The maximum atomic E-state index is 10.2. The highest BCUT2D eigenvalue weighted by Crippen LogP contribution is 2.40. The summed E-state index contributed by atoms with van der Waals surface area (Å²) in [5, 5.41) is 15.8. The molecule has 3 N–H and O–H groups in total. The van der Waals surface area contributed by atoms with Crippen molar-refractivity contribution in [2.75, 3.05) is 0 Å². The van der Waals surface area contributed by atoms with Gasteiger partial charge in [-0.25, -0.2) is 0 Å². The van der Waals surface area contributed by atoms with Crippen molar-refractivity contribution in [3.8, 4) is 10.4 Å². The molecule has 0 saturated carbocycles. The highest BCUT2D eigenvalue weighted by molar-refractivity contribution is 7.99. The van der Waals surface area contributed by atoms with E-state index in [4.69, 9.17) is 5.14 Å². The number of benzene rings is 1. The topological polar surface area (TPSA) is 46.2 Å². The molecule has 0 unspecified atom stereocenters. The third-order valence-corrected chi connectivity index (χ3v) is 4.39. The van der Waals surface area contributed by atoms with Gasteiger partial charge in [0, 0.05) is 10.4 Å². The monoisotopic (exact) mass is 265 g/mol. The molecule has 1 aromatic carbocycles. The molecule has 0 radical (unpaired) electrons. The summed E-state index contributed by atoms with van der Waals surface area (Å²) in [5.74, 6) is 0. The van der Waals surface area contributed by atoms with E-state index in [0.29, 0.717) is 0 Å². The molecule has 2 aromatic rings. The first kappa shape index (κ1) is 12.6. The van der Waals surface area contributed by atoms with Crippen LogP contribution in [0.5, 0.6) is 0 Å². The normalized spacial score (nSPS) is 11.8. The van der Waals surface area contributed by atoms with Gasteiger partial charge in [-0.1, -0.05) is 30.3 Å². The molecule has 0 bridgehead atoms. The SMILES string of the molecule is CC(C)(O)c1cc(SN)sc1-c1ccccc1. The Balaban J connectivity index is 2.57. The van der Waals surface area contributed by atoms with E-state index in [2.05, 4.69) is 0 Å². The molecular formula is C13H15NOS2. The van der Waals surface area contributed by atoms with Gasteiger partial charge in [0.1, 0.15) is 0 Å². The molecule has 4 heteroatoms. The molecule has 0 saturated heterocycles. The smallest absolute Gasteiger partial charge is 0.0855 e. The van der Waals surface area contributed by atoms with E-state index in [1.165, 1.54) is 11.9 Å². The minimum atomic E-state index is -0.852. The molecule has 90 valence electrons. The molecule has 1 heterocycles. The third kappa shape index (κ3) is 2.72. The van der Waals surface area contributed by atoms with Crippen molar-refractivity contribution < 1.29 is 5.11 Å². The number of hydrogen-bond acceptors (Lipinski definition) is 4. The van der Waals surface area contributed by atoms with E-state index in [9.17, 15) is 5.11 Å². The fraction of sp³-hybridized carbons (Fsp3) is 0.231. The zero-order valence-corrected chi connectivity index (χ0v) is 11.4. The summed E-state index contributed by atoms with van der Waals surface area (Å²) in [7, 11) is 0. The first-order valence-electron chi connectivity index (χ1n) is 5.31. The summed E-state index contributed by atoms with van der Waals surface area (Å²) in [6, 6.07) is 12.0. The van der Waals surface area contributed by atoms with Crippen LogP contribution < -0.4 is 5.14 Å². The lowest BCUT2D eigenvalue weighted by atomic mass is 9.96. The van der Waals surface area contributed by atoms with Crippen LogP contribution in [0, 0.1) is 0 Å². The fourth-order valence-electron chi connectivity index (χ4n) is 1.68. The predicted octanol–water partition coefficient (Wildman–Crippen LogP) is 3.61. The molecule has 0 amide bonds. The molecule has 2 rings (SSSR count). The standard InChI is InChI=1S/C13H15NOS2/c1-13(2,15)10-8-11(17-14)16-12(10)9-6-4-3-5-7-9/h3-8,15H,14H2,1-2H3. The van der Waals surface area contributed by atoms with Gasteiger partial charge in [-0.2, -0.15) is 0 Å². The molecule has 0 aliphatic carbocycles. The van der Waals surface area contributed by atoms with Crippen molar-refractivity contribution in [3.63, 3.8) is 0 Å². The molecule has 0 atom stereocenters. The molecule has 0 fully saturated rings. The Morgan fingerprint density at radius 3 is 2.41 bits per heavy atom. The molecule has 2 nitrogen and oxygen atoms in total. The van der Waals surface area contributed by atoms with Crippen LogP contribution in [0.25, 0.3) is 10.4 Å². The van der Waals surface area contributed by atoms with Crippen LogP contribution in [-0.4, -0.2) is 5.11 Å². The van der Waals surface area contributed by atoms with Crippen molar-refractivity contribution in [1.29, 1.82) is 0 Å². The van der Waals surface area contributed by atoms with Gasteiger partial charge < -0.3 is 5.11 Å². The second-order valence-corrected chi connectivity index (χ2v) is 6.34. The van der Waals surface area contributed by atoms with Gasteiger partial charge in [0.15, 0.2) is 0 Å². The number of aliphatic hydroxyl groups is 1. The van der Waals surface area contributed by atoms with Crippen LogP contribution in [0.4, 0.5) is 0 Å². The lowest BCUT2D eigenvalue weighted by Gasteiger charge is -2.18. The Hall–Kier alpha value is -0.810. The van der Waals surface area contributed by atoms with Crippen molar-refractivity contribution in [2.24, 2.45) is 5.14 Å². The van der Waals surface area contributed by atoms with Gasteiger partial charge in [0.05, 0.1) is 9.81 Å². The zero-order chi connectivity index (χ0) is 12.5. The van der Waals surface area contributed by atoms with Crippen molar-refractivity contribution in [2.45, 2.75) is 23.7 Å². The molecule has 0 aliphatic rings. The highest BCUT2D eigenvalue weighted by Gasteiger charge is 2.23. The fourth-order valence-corrected chi connectivity index (χ4v) is 3.36. The molecule has 0 spiro atoms. The number of nitrogens with two attached hydrogens (primary N) is 1. The van der Waals surface area contributed by atoms with E-state index in [-0.39, 0.29) is 0 Å². The number of hydrogen-bond donors (Lipinski definition) is 2. The Morgan fingerprint density at radius 1 is 1.24 bits per heavy atom. The number of rotatable bonds is 3. The van der Waals surface area contributed by atoms with Crippen LogP contribution >= 0.6 is 23.3 Å². The Labute approximate surface area is 110 Å². The molecule has 0 aliphatic heterocycles. The predicted molar refractivity (Wildman–Crippen MR) is 75.0 cm³/mol. The van der Waals surface area contributed by atoms with Crippen molar-refractivity contribution in [3.05, 3.63) is 42.0 Å². The van der Waals surface area contributed by atoms with Gasteiger partial charge in [0.25, 0.3) is 0 Å². The largest absolute Gasteiger partial charge is 0.386 e. The molecular weight excluding hydrogens is 250 g/mol. The van der Waals surface area contributed by atoms with Crippen LogP contribution in [0.2, 0.25) is 0 Å². The van der Waals surface area contributed by atoms with Crippen LogP contribution in [-0.2, 0) is 5.60 Å². The maximum Gasteiger partial charge on any atom is 0.0855 e. The lowest BCUT2D eigenvalue weighted by molar-refractivity contribution is 0.0795. The van der Waals surface area contributed by atoms with Gasteiger partial charge in [0.2, 0.25) is 0 Å². The van der Waals surface area contributed by atoms with Gasteiger partial charge in [-0.3, -0.25) is 5.14 Å². The highest BCUT2D eigenvalue weighted by atomic mass is 32.2. The second-order valence-electron chi connectivity index (χ2n) is 4.35. The quantitative estimate of drug-likeness (QED) is 0.833. The molecule has 1 aromatic heterocycles. The van der Waals surface area contributed by atoms with Crippen LogP contribution in [0.15, 0.2) is 40.6 Å². The first-order valence-corrected chi connectivity index (χ1v) is 7.01. The van der Waals surface area contributed by atoms with Crippen molar-refractivity contribution >= 4 is 23.3 Å². The maximum absolute atomic E-state index is 10.2. The van der Waals surface area contributed by atoms with Crippen molar-refractivity contribution in [1.82, 2.24) is 0 Å². The third-order valence-electron chi connectivity index (χ3n) is 2.52. The van der Waals surface area contributed by atoms with E-state index in [1.807, 2.05) is 36.4 Å².